The highest BCUT2D eigenvalue weighted by atomic mass is 15.2. The minimum absolute atomic E-state index is 0.136. The molecule has 0 aliphatic carbocycles. The molecule has 0 aromatic carbocycles. The van der Waals surface area contributed by atoms with Gasteiger partial charge < -0.3 is 11.1 Å². The van der Waals surface area contributed by atoms with Crippen LogP contribution in [0.3, 0.4) is 0 Å². The molecule has 4 nitrogen and oxygen atoms in total. The van der Waals surface area contributed by atoms with Gasteiger partial charge >= 0.3 is 0 Å². The molecule has 1 rings (SSSR count). The Bertz CT molecular complexity index is 283. The van der Waals surface area contributed by atoms with E-state index in [9.17, 15) is 0 Å². The summed E-state index contributed by atoms with van der Waals surface area (Å²) in [5.74, 6) is 0.774. The molecule has 1 heterocycles. The lowest BCUT2D eigenvalue weighted by Gasteiger charge is -2.24. The normalized spacial score (nSPS) is 11.4. The van der Waals surface area contributed by atoms with E-state index in [1.165, 1.54) is 0 Å². The molecule has 0 fully saturated rings. The Balaban J connectivity index is 2.74. The Morgan fingerprint density at radius 1 is 1.54 bits per heavy atom. The summed E-state index contributed by atoms with van der Waals surface area (Å²) in [7, 11) is 0. The molecule has 13 heavy (non-hydrogen) atoms. The number of rotatable bonds is 3. The topological polar surface area (TPSA) is 63.8 Å². The van der Waals surface area contributed by atoms with Gasteiger partial charge in [-0.1, -0.05) is 0 Å². The van der Waals surface area contributed by atoms with Crippen LogP contribution in [-0.4, -0.2) is 22.3 Å². The molecule has 0 spiro atoms. The summed E-state index contributed by atoms with van der Waals surface area (Å²) in [6, 6.07) is 1.95. The molecule has 0 atom stereocenters. The zero-order valence-corrected chi connectivity index (χ0v) is 8.33. The molecule has 1 aromatic rings. The largest absolute Gasteiger partial charge is 0.362 e. The van der Waals surface area contributed by atoms with Gasteiger partial charge in [0.1, 0.15) is 5.82 Å². The lowest BCUT2D eigenvalue weighted by molar-refractivity contribution is 0.576. The monoisotopic (exact) mass is 180 g/mol. The zero-order valence-electron chi connectivity index (χ0n) is 8.33. The fourth-order valence-electron chi connectivity index (χ4n) is 0.923. The van der Waals surface area contributed by atoms with Crippen LogP contribution < -0.4 is 11.1 Å². The Kier molecular flexibility index (Phi) is 2.83. The highest BCUT2D eigenvalue weighted by molar-refractivity contribution is 5.37. The van der Waals surface area contributed by atoms with Gasteiger partial charge in [-0.25, -0.2) is 0 Å². The molecule has 3 N–H and O–H groups in total. The molecular formula is C9H16N4. The smallest absolute Gasteiger partial charge is 0.149 e. The highest BCUT2D eigenvalue weighted by Crippen LogP contribution is 2.11. The molecule has 0 aliphatic rings. The van der Waals surface area contributed by atoms with Crippen LogP contribution in [0, 0.1) is 6.92 Å². The van der Waals surface area contributed by atoms with Crippen molar-refractivity contribution in [3.8, 4) is 0 Å². The predicted octanol–water partition coefficient (Wildman–Crippen LogP) is 0.934. The molecule has 1 aromatic heterocycles. The van der Waals surface area contributed by atoms with Crippen LogP contribution in [0.2, 0.25) is 0 Å². The van der Waals surface area contributed by atoms with E-state index < -0.39 is 0 Å². The molecular weight excluding hydrogens is 164 g/mol. The molecule has 0 saturated carbocycles. The van der Waals surface area contributed by atoms with E-state index in [0.29, 0.717) is 6.54 Å². The molecule has 4 heteroatoms. The van der Waals surface area contributed by atoms with Crippen molar-refractivity contribution >= 4 is 5.82 Å². The highest BCUT2D eigenvalue weighted by Gasteiger charge is 2.15. The quantitative estimate of drug-likeness (QED) is 0.726. The second-order valence-corrected chi connectivity index (χ2v) is 3.83. The summed E-state index contributed by atoms with van der Waals surface area (Å²) >= 11 is 0. The van der Waals surface area contributed by atoms with E-state index >= 15 is 0 Å². The van der Waals surface area contributed by atoms with Crippen molar-refractivity contribution < 1.29 is 0 Å². The first-order chi connectivity index (χ1) is 6.03. The van der Waals surface area contributed by atoms with E-state index in [1.807, 2.05) is 26.8 Å². The average molecular weight is 180 g/mol. The Morgan fingerprint density at radius 3 is 2.77 bits per heavy atom. The Hall–Kier alpha value is -1.16. The summed E-state index contributed by atoms with van der Waals surface area (Å²) in [6.07, 6.45) is 1.72. The number of aryl methyl sites for hydroxylation is 1. The lowest BCUT2D eigenvalue weighted by atomic mass is 10.1. The number of anilines is 1. The van der Waals surface area contributed by atoms with Crippen molar-refractivity contribution in [1.82, 2.24) is 10.2 Å². The van der Waals surface area contributed by atoms with Crippen LogP contribution in [-0.2, 0) is 0 Å². The van der Waals surface area contributed by atoms with Crippen molar-refractivity contribution in [1.29, 1.82) is 0 Å². The van der Waals surface area contributed by atoms with Crippen LogP contribution in [0.1, 0.15) is 19.4 Å². The molecule has 0 aliphatic heterocycles. The first-order valence-corrected chi connectivity index (χ1v) is 4.31. The van der Waals surface area contributed by atoms with Crippen LogP contribution in [0.5, 0.6) is 0 Å². The van der Waals surface area contributed by atoms with Gasteiger partial charge in [-0.15, -0.1) is 5.10 Å². The second kappa shape index (κ2) is 3.70. The van der Waals surface area contributed by atoms with Gasteiger partial charge in [0.2, 0.25) is 0 Å². The molecule has 0 saturated heterocycles. The molecule has 72 valence electrons. The van der Waals surface area contributed by atoms with Crippen molar-refractivity contribution in [2.24, 2.45) is 5.73 Å². The van der Waals surface area contributed by atoms with Gasteiger partial charge in [0.25, 0.3) is 0 Å². The van der Waals surface area contributed by atoms with Gasteiger partial charge in [-0.05, 0) is 32.4 Å². The summed E-state index contributed by atoms with van der Waals surface area (Å²) in [5.41, 5.74) is 6.53. The van der Waals surface area contributed by atoms with Crippen molar-refractivity contribution in [2.75, 3.05) is 11.9 Å². The van der Waals surface area contributed by atoms with Crippen LogP contribution in [0.25, 0.3) is 0 Å². The fraction of sp³-hybridized carbons (Fsp3) is 0.556. The molecule has 0 unspecified atom stereocenters. The number of nitrogens with one attached hydrogen (secondary N) is 1. The number of aromatic nitrogens is 2. The van der Waals surface area contributed by atoms with Gasteiger partial charge in [0, 0.05) is 12.1 Å². The third-order valence-electron chi connectivity index (χ3n) is 1.77. The fourth-order valence-corrected chi connectivity index (χ4v) is 0.923. The van der Waals surface area contributed by atoms with E-state index in [4.69, 9.17) is 5.73 Å². The maximum atomic E-state index is 5.58. The minimum Gasteiger partial charge on any atom is -0.362 e. The molecule has 0 amide bonds. The standard InChI is InChI=1S/C9H16N4/c1-7-4-8(13-11-5-7)12-9(2,3)6-10/h4-5H,6,10H2,1-3H3,(H,12,13). The van der Waals surface area contributed by atoms with Gasteiger partial charge in [0.15, 0.2) is 0 Å². The maximum Gasteiger partial charge on any atom is 0.149 e. The van der Waals surface area contributed by atoms with E-state index in [-0.39, 0.29) is 5.54 Å². The maximum absolute atomic E-state index is 5.58. The van der Waals surface area contributed by atoms with E-state index in [1.54, 1.807) is 6.20 Å². The summed E-state index contributed by atoms with van der Waals surface area (Å²) in [4.78, 5) is 0. The number of hydrogen-bond donors (Lipinski definition) is 2. The third-order valence-corrected chi connectivity index (χ3v) is 1.77. The lowest BCUT2D eigenvalue weighted by Crippen LogP contribution is -2.39. The number of nitrogens with zero attached hydrogens (tertiary/aromatic N) is 2. The second-order valence-electron chi connectivity index (χ2n) is 3.83. The van der Waals surface area contributed by atoms with Gasteiger partial charge in [-0.3, -0.25) is 0 Å². The average Bonchev–Trinajstić information content (AvgIpc) is 2.03. The summed E-state index contributed by atoms with van der Waals surface area (Å²) < 4.78 is 0. The van der Waals surface area contributed by atoms with Crippen molar-refractivity contribution in [3.63, 3.8) is 0 Å². The van der Waals surface area contributed by atoms with Gasteiger partial charge in [-0.2, -0.15) is 5.10 Å². The first kappa shape index (κ1) is 9.92. The van der Waals surface area contributed by atoms with Crippen LogP contribution in [0.15, 0.2) is 12.3 Å². The first-order valence-electron chi connectivity index (χ1n) is 4.31. The van der Waals surface area contributed by atoms with Crippen molar-refractivity contribution in [2.45, 2.75) is 26.3 Å². The number of nitrogens with two attached hydrogens (primary N) is 1. The van der Waals surface area contributed by atoms with Gasteiger partial charge in [0.05, 0.1) is 6.20 Å². The summed E-state index contributed by atoms with van der Waals surface area (Å²) in [6.45, 7) is 6.59. The Labute approximate surface area is 78.6 Å². The van der Waals surface area contributed by atoms with Crippen LogP contribution in [0.4, 0.5) is 5.82 Å². The number of hydrogen-bond acceptors (Lipinski definition) is 4. The summed E-state index contributed by atoms with van der Waals surface area (Å²) in [5, 5.41) is 11.0. The predicted molar refractivity (Wildman–Crippen MR) is 53.5 cm³/mol. The van der Waals surface area contributed by atoms with E-state index in [2.05, 4.69) is 15.5 Å². The third kappa shape index (κ3) is 2.99. The molecule has 0 radical (unpaired) electrons. The molecule has 0 bridgehead atoms. The Morgan fingerprint density at radius 2 is 2.23 bits per heavy atom. The van der Waals surface area contributed by atoms with E-state index in [0.717, 1.165) is 11.4 Å². The zero-order chi connectivity index (χ0) is 9.90. The van der Waals surface area contributed by atoms with Crippen LogP contribution >= 0.6 is 0 Å². The SMILES string of the molecule is Cc1cnnc(NC(C)(C)CN)c1. The van der Waals surface area contributed by atoms with Crippen molar-refractivity contribution in [3.05, 3.63) is 17.8 Å². The minimum atomic E-state index is -0.136.